The summed E-state index contributed by atoms with van der Waals surface area (Å²) in [7, 11) is 0. The Hall–Kier alpha value is -2.98. The van der Waals surface area contributed by atoms with Crippen LogP contribution in [0.4, 0.5) is 0 Å². The van der Waals surface area contributed by atoms with Gasteiger partial charge in [0, 0.05) is 31.9 Å². The number of imidazole rings is 1. The highest BCUT2D eigenvalue weighted by Gasteiger charge is 2.48. The van der Waals surface area contributed by atoms with E-state index in [1.165, 1.54) is 17.3 Å². The van der Waals surface area contributed by atoms with Crippen LogP contribution in [-0.4, -0.2) is 51.7 Å². The minimum absolute atomic E-state index is 0.0822. The van der Waals surface area contributed by atoms with E-state index in [-0.39, 0.29) is 24.7 Å². The molecule has 0 spiro atoms. The maximum Gasteiger partial charge on any atom is 0.238 e. The first-order valence-electron chi connectivity index (χ1n) is 7.68. The standard InChI is InChI=1S/C17H17N5O2/c18-12-17(10-13-4-2-1-3-5-13,15(24)16-20-6-7-21-16)22-9-8-19-11-14(22)23/h1-7,19H,8-11H2,(H,20,21). The van der Waals surface area contributed by atoms with E-state index in [1.807, 2.05) is 30.3 Å². The predicted molar refractivity (Wildman–Crippen MR) is 86.0 cm³/mol. The van der Waals surface area contributed by atoms with Crippen LogP contribution in [0.3, 0.4) is 0 Å². The fourth-order valence-electron chi connectivity index (χ4n) is 2.94. The van der Waals surface area contributed by atoms with E-state index in [4.69, 9.17) is 0 Å². The maximum atomic E-state index is 13.1. The monoisotopic (exact) mass is 323 g/mol. The first-order chi connectivity index (χ1) is 11.7. The number of carbonyl (C=O) groups excluding carboxylic acids is 2. The highest BCUT2D eigenvalue weighted by molar-refractivity contribution is 6.05. The Morgan fingerprint density at radius 3 is 2.79 bits per heavy atom. The molecule has 0 bridgehead atoms. The van der Waals surface area contributed by atoms with E-state index < -0.39 is 11.3 Å². The van der Waals surface area contributed by atoms with Crippen molar-refractivity contribution < 1.29 is 9.59 Å². The van der Waals surface area contributed by atoms with Crippen molar-refractivity contribution in [1.29, 1.82) is 5.26 Å². The number of ketones is 1. The van der Waals surface area contributed by atoms with E-state index in [1.54, 1.807) is 0 Å². The summed E-state index contributed by atoms with van der Waals surface area (Å²) in [5.74, 6) is -0.674. The fraction of sp³-hybridized carbons (Fsp3) is 0.294. The molecule has 7 nitrogen and oxygen atoms in total. The Balaban J connectivity index is 2.06. The summed E-state index contributed by atoms with van der Waals surface area (Å²) < 4.78 is 0. The zero-order valence-corrected chi connectivity index (χ0v) is 13.0. The number of nitrogens with zero attached hydrogens (tertiary/aromatic N) is 3. The molecule has 2 aromatic rings. The number of Topliss-reactive ketones (excluding diaryl/α,β-unsaturated/α-hetero) is 1. The van der Waals surface area contributed by atoms with Crippen LogP contribution in [0.2, 0.25) is 0 Å². The van der Waals surface area contributed by atoms with Gasteiger partial charge in [0.2, 0.25) is 17.2 Å². The molecule has 1 atom stereocenters. The third-order valence-electron chi connectivity index (χ3n) is 4.13. The summed E-state index contributed by atoms with van der Waals surface area (Å²) in [6.07, 6.45) is 3.10. The van der Waals surface area contributed by atoms with Gasteiger partial charge < -0.3 is 15.2 Å². The molecular weight excluding hydrogens is 306 g/mol. The number of hydrogen-bond donors (Lipinski definition) is 2. The lowest BCUT2D eigenvalue weighted by molar-refractivity contribution is -0.135. The second-order valence-corrected chi connectivity index (χ2v) is 5.62. The summed E-state index contributed by atoms with van der Waals surface area (Å²) >= 11 is 0. The lowest BCUT2D eigenvalue weighted by Gasteiger charge is -2.39. The van der Waals surface area contributed by atoms with Gasteiger partial charge >= 0.3 is 0 Å². The Bertz CT molecular complexity index is 766. The van der Waals surface area contributed by atoms with Crippen LogP contribution in [0.1, 0.15) is 16.2 Å². The fourth-order valence-corrected chi connectivity index (χ4v) is 2.94. The van der Waals surface area contributed by atoms with E-state index in [2.05, 4.69) is 21.4 Å². The minimum Gasteiger partial charge on any atom is -0.342 e. The first kappa shape index (κ1) is 15.9. The number of carbonyl (C=O) groups is 2. The van der Waals surface area contributed by atoms with Gasteiger partial charge in [-0.25, -0.2) is 4.98 Å². The van der Waals surface area contributed by atoms with Gasteiger partial charge in [0.15, 0.2) is 5.82 Å². The highest BCUT2D eigenvalue weighted by atomic mass is 16.2. The summed E-state index contributed by atoms with van der Waals surface area (Å²) in [5, 5.41) is 12.9. The minimum atomic E-state index is -1.61. The quantitative estimate of drug-likeness (QED) is 0.782. The molecule has 1 unspecified atom stereocenters. The van der Waals surface area contributed by atoms with Crippen molar-refractivity contribution >= 4 is 11.7 Å². The molecule has 3 rings (SSSR count). The van der Waals surface area contributed by atoms with Crippen LogP contribution >= 0.6 is 0 Å². The number of amides is 1. The molecule has 0 radical (unpaired) electrons. The van der Waals surface area contributed by atoms with Gasteiger partial charge in [-0.3, -0.25) is 9.59 Å². The van der Waals surface area contributed by atoms with E-state index in [0.29, 0.717) is 13.1 Å². The van der Waals surface area contributed by atoms with Crippen molar-refractivity contribution in [2.45, 2.75) is 12.0 Å². The average Bonchev–Trinajstić information content (AvgIpc) is 3.15. The third-order valence-corrected chi connectivity index (χ3v) is 4.13. The molecule has 2 heterocycles. The van der Waals surface area contributed by atoms with E-state index in [0.717, 1.165) is 5.56 Å². The van der Waals surface area contributed by atoms with Crippen molar-refractivity contribution in [1.82, 2.24) is 20.2 Å². The lowest BCUT2D eigenvalue weighted by Crippen LogP contribution is -2.63. The largest absolute Gasteiger partial charge is 0.342 e. The molecule has 0 aliphatic carbocycles. The molecule has 1 aromatic heterocycles. The Kier molecular flexibility index (Phi) is 4.40. The molecule has 0 saturated carbocycles. The van der Waals surface area contributed by atoms with E-state index in [9.17, 15) is 14.9 Å². The molecule has 1 saturated heterocycles. The number of hydrogen-bond acceptors (Lipinski definition) is 5. The smallest absolute Gasteiger partial charge is 0.238 e. The average molecular weight is 323 g/mol. The number of nitriles is 1. The molecule has 2 N–H and O–H groups in total. The van der Waals surface area contributed by atoms with Gasteiger partial charge in [-0.05, 0) is 5.56 Å². The van der Waals surface area contributed by atoms with Crippen LogP contribution in [0.5, 0.6) is 0 Å². The van der Waals surface area contributed by atoms with Crippen molar-refractivity contribution in [3.8, 4) is 6.07 Å². The van der Waals surface area contributed by atoms with Crippen LogP contribution in [-0.2, 0) is 11.2 Å². The van der Waals surface area contributed by atoms with Gasteiger partial charge in [0.25, 0.3) is 0 Å². The maximum absolute atomic E-state index is 13.1. The number of benzene rings is 1. The molecule has 1 fully saturated rings. The molecule has 24 heavy (non-hydrogen) atoms. The molecule has 122 valence electrons. The number of H-pyrrole nitrogens is 1. The molecule has 1 aromatic carbocycles. The molecule has 7 heteroatoms. The molecular formula is C17H17N5O2. The van der Waals surface area contributed by atoms with Crippen LogP contribution in [0.15, 0.2) is 42.7 Å². The molecule has 1 aliphatic heterocycles. The summed E-state index contributed by atoms with van der Waals surface area (Å²) in [5.41, 5.74) is -0.802. The number of nitrogens with one attached hydrogen (secondary N) is 2. The lowest BCUT2D eigenvalue weighted by atomic mass is 9.85. The Morgan fingerprint density at radius 1 is 1.38 bits per heavy atom. The Labute approximate surface area is 139 Å². The van der Waals surface area contributed by atoms with Gasteiger partial charge in [0.1, 0.15) is 6.07 Å². The van der Waals surface area contributed by atoms with Crippen molar-refractivity contribution in [3.05, 3.63) is 54.1 Å². The van der Waals surface area contributed by atoms with Gasteiger partial charge in [0.05, 0.1) is 6.54 Å². The van der Waals surface area contributed by atoms with Gasteiger partial charge in [-0.15, -0.1) is 0 Å². The van der Waals surface area contributed by atoms with Crippen molar-refractivity contribution in [2.75, 3.05) is 19.6 Å². The van der Waals surface area contributed by atoms with Crippen LogP contribution < -0.4 is 5.32 Å². The number of piperazine rings is 1. The normalized spacial score (nSPS) is 17.1. The number of aromatic nitrogens is 2. The topological polar surface area (TPSA) is 102 Å². The first-order valence-corrected chi connectivity index (χ1v) is 7.68. The zero-order valence-electron chi connectivity index (χ0n) is 13.0. The van der Waals surface area contributed by atoms with Gasteiger partial charge in [-0.2, -0.15) is 5.26 Å². The molecule has 1 aliphatic rings. The zero-order chi connectivity index (χ0) is 17.0. The third kappa shape index (κ3) is 2.79. The second kappa shape index (κ2) is 6.64. The summed E-state index contributed by atoms with van der Waals surface area (Å²) in [6, 6.07) is 11.3. The van der Waals surface area contributed by atoms with Gasteiger partial charge in [-0.1, -0.05) is 30.3 Å². The molecule has 1 amide bonds. The summed E-state index contributed by atoms with van der Waals surface area (Å²) in [4.78, 5) is 33.6. The van der Waals surface area contributed by atoms with Crippen LogP contribution in [0.25, 0.3) is 0 Å². The summed E-state index contributed by atoms with van der Waals surface area (Å²) in [6.45, 7) is 0.949. The Morgan fingerprint density at radius 2 is 2.17 bits per heavy atom. The number of rotatable bonds is 5. The predicted octanol–water partition coefficient (Wildman–Crippen LogP) is 0.529. The SMILES string of the molecule is N#CC(Cc1ccccc1)(C(=O)c1ncc[nH]1)N1CCNCC1=O. The van der Waals surface area contributed by atoms with Crippen LogP contribution in [0, 0.1) is 11.3 Å². The van der Waals surface area contributed by atoms with E-state index >= 15 is 0 Å². The van der Waals surface area contributed by atoms with Crippen molar-refractivity contribution in [3.63, 3.8) is 0 Å². The second-order valence-electron chi connectivity index (χ2n) is 5.62. The van der Waals surface area contributed by atoms with Crippen molar-refractivity contribution in [2.24, 2.45) is 0 Å². The highest BCUT2D eigenvalue weighted by Crippen LogP contribution is 2.26. The number of aromatic amines is 1.